The Morgan fingerprint density at radius 2 is 1.86 bits per heavy atom. The summed E-state index contributed by atoms with van der Waals surface area (Å²) in [5, 5.41) is 9.78. The van der Waals surface area contributed by atoms with E-state index in [1.54, 1.807) is 0 Å². The molecular weight excluding hydrogens is 216 g/mol. The smallest absolute Gasteiger partial charge is 0.195 e. The van der Waals surface area contributed by atoms with Gasteiger partial charge in [0.1, 0.15) is 6.29 Å². The SMILES string of the molecule is CC(C)(C)[Si](C)(C)OC(O)CCCCl. The molecule has 0 aromatic heterocycles. The van der Waals surface area contributed by atoms with Crippen LogP contribution in [0, 0.1) is 0 Å². The Morgan fingerprint density at radius 3 is 2.21 bits per heavy atom. The van der Waals surface area contributed by atoms with Crippen LogP contribution in [0.1, 0.15) is 33.6 Å². The summed E-state index contributed by atoms with van der Waals surface area (Å²) in [7, 11) is -1.81. The summed E-state index contributed by atoms with van der Waals surface area (Å²) in [6.07, 6.45) is 0.794. The summed E-state index contributed by atoms with van der Waals surface area (Å²) in [6, 6.07) is 0. The number of aliphatic hydroxyl groups is 1. The molecule has 1 atom stereocenters. The highest BCUT2D eigenvalue weighted by Gasteiger charge is 2.38. The maximum atomic E-state index is 9.63. The minimum Gasteiger partial charge on any atom is -0.392 e. The zero-order valence-corrected chi connectivity index (χ0v) is 11.7. The van der Waals surface area contributed by atoms with E-state index < -0.39 is 14.6 Å². The van der Waals surface area contributed by atoms with Crippen molar-refractivity contribution in [3.8, 4) is 0 Å². The van der Waals surface area contributed by atoms with Crippen LogP contribution in [-0.2, 0) is 4.43 Å². The summed E-state index contributed by atoms with van der Waals surface area (Å²) >= 11 is 5.55. The first-order valence-corrected chi connectivity index (χ1v) is 8.57. The maximum absolute atomic E-state index is 9.63. The van der Waals surface area contributed by atoms with Crippen molar-refractivity contribution in [2.75, 3.05) is 5.88 Å². The van der Waals surface area contributed by atoms with Gasteiger partial charge in [-0.3, -0.25) is 0 Å². The van der Waals surface area contributed by atoms with Crippen molar-refractivity contribution < 1.29 is 9.53 Å². The topological polar surface area (TPSA) is 29.5 Å². The number of alkyl halides is 1. The zero-order chi connectivity index (χ0) is 11.4. The molecule has 4 heteroatoms. The second-order valence-electron chi connectivity index (χ2n) is 5.16. The Morgan fingerprint density at radius 1 is 1.36 bits per heavy atom. The van der Waals surface area contributed by atoms with Crippen molar-refractivity contribution in [2.45, 2.75) is 58.0 Å². The Labute approximate surface area is 93.7 Å². The van der Waals surface area contributed by atoms with Crippen LogP contribution >= 0.6 is 11.6 Å². The predicted octanol–water partition coefficient (Wildman–Crippen LogP) is 3.35. The lowest BCUT2D eigenvalue weighted by atomic mass is 10.2. The van der Waals surface area contributed by atoms with Crippen LogP contribution in [0.4, 0.5) is 0 Å². The highest BCUT2D eigenvalue weighted by molar-refractivity contribution is 6.74. The molecule has 0 saturated heterocycles. The largest absolute Gasteiger partial charge is 0.392 e. The molecule has 0 aliphatic heterocycles. The molecule has 0 aromatic rings. The molecule has 0 rings (SSSR count). The third-order valence-corrected chi connectivity index (χ3v) is 7.56. The van der Waals surface area contributed by atoms with Crippen molar-refractivity contribution in [2.24, 2.45) is 0 Å². The van der Waals surface area contributed by atoms with Crippen LogP contribution in [0.15, 0.2) is 0 Å². The van der Waals surface area contributed by atoms with Gasteiger partial charge in [-0.1, -0.05) is 20.8 Å². The molecule has 1 unspecified atom stereocenters. The van der Waals surface area contributed by atoms with Crippen molar-refractivity contribution in [3.63, 3.8) is 0 Å². The summed E-state index contributed by atoms with van der Waals surface area (Å²) in [5.74, 6) is 0.581. The van der Waals surface area contributed by atoms with Crippen molar-refractivity contribution in [1.82, 2.24) is 0 Å². The third-order valence-electron chi connectivity index (χ3n) is 2.82. The van der Waals surface area contributed by atoms with E-state index in [1.807, 2.05) is 0 Å². The number of hydrogen-bond donors (Lipinski definition) is 1. The molecule has 0 fully saturated rings. The molecule has 0 radical (unpaired) electrons. The molecule has 0 spiro atoms. The predicted molar refractivity (Wildman–Crippen MR) is 64.2 cm³/mol. The highest BCUT2D eigenvalue weighted by Crippen LogP contribution is 2.37. The van der Waals surface area contributed by atoms with Crippen LogP contribution in [-0.4, -0.2) is 25.6 Å². The van der Waals surface area contributed by atoms with Crippen LogP contribution in [0.25, 0.3) is 0 Å². The lowest BCUT2D eigenvalue weighted by molar-refractivity contribution is -0.0338. The summed E-state index contributed by atoms with van der Waals surface area (Å²) in [4.78, 5) is 0. The van der Waals surface area contributed by atoms with Gasteiger partial charge in [-0.15, -0.1) is 11.6 Å². The van der Waals surface area contributed by atoms with Gasteiger partial charge in [0.05, 0.1) is 0 Å². The van der Waals surface area contributed by atoms with Crippen LogP contribution in [0.3, 0.4) is 0 Å². The van der Waals surface area contributed by atoms with Gasteiger partial charge < -0.3 is 9.53 Å². The van der Waals surface area contributed by atoms with Crippen LogP contribution in [0.5, 0.6) is 0 Å². The standard InChI is InChI=1S/C10H23ClO2Si/c1-10(2,3)14(4,5)13-9(12)7-6-8-11/h9,12H,6-8H2,1-5H3. The van der Waals surface area contributed by atoms with Crippen LogP contribution < -0.4 is 0 Å². The first-order chi connectivity index (χ1) is 6.20. The molecule has 0 aliphatic rings. The lowest BCUT2D eigenvalue weighted by Gasteiger charge is -2.37. The Hall–Kier alpha value is 0.427. The molecule has 0 aliphatic carbocycles. The van der Waals surface area contributed by atoms with Gasteiger partial charge in [-0.25, -0.2) is 0 Å². The first-order valence-electron chi connectivity index (χ1n) is 5.12. The lowest BCUT2D eigenvalue weighted by Crippen LogP contribution is -2.43. The van der Waals surface area contributed by atoms with Gasteiger partial charge in [-0.05, 0) is 31.0 Å². The summed E-state index contributed by atoms with van der Waals surface area (Å²) < 4.78 is 5.74. The molecule has 1 N–H and O–H groups in total. The molecule has 0 amide bonds. The van der Waals surface area contributed by atoms with E-state index in [2.05, 4.69) is 33.9 Å². The fraction of sp³-hybridized carbons (Fsp3) is 1.00. The minimum absolute atomic E-state index is 0.148. The molecule has 86 valence electrons. The van der Waals surface area contributed by atoms with E-state index in [0.717, 1.165) is 6.42 Å². The summed E-state index contributed by atoms with van der Waals surface area (Å²) in [6.45, 7) is 10.8. The minimum atomic E-state index is -1.81. The van der Waals surface area contributed by atoms with E-state index in [9.17, 15) is 5.11 Å². The number of rotatable bonds is 5. The normalized spacial score (nSPS) is 15.6. The van der Waals surface area contributed by atoms with E-state index in [-0.39, 0.29) is 5.04 Å². The number of halogens is 1. The molecule has 0 aromatic carbocycles. The van der Waals surface area contributed by atoms with Gasteiger partial charge >= 0.3 is 0 Å². The third kappa shape index (κ3) is 4.78. The molecule has 0 heterocycles. The number of aliphatic hydroxyl groups excluding tert-OH is 1. The average molecular weight is 239 g/mol. The van der Waals surface area contributed by atoms with Crippen molar-refractivity contribution in [3.05, 3.63) is 0 Å². The van der Waals surface area contributed by atoms with Gasteiger partial charge in [-0.2, -0.15) is 0 Å². The number of hydrogen-bond acceptors (Lipinski definition) is 2. The molecule has 2 nitrogen and oxygen atoms in total. The van der Waals surface area contributed by atoms with E-state index in [1.165, 1.54) is 0 Å². The van der Waals surface area contributed by atoms with Gasteiger partial charge in [0.25, 0.3) is 0 Å². The van der Waals surface area contributed by atoms with Gasteiger partial charge in [0.2, 0.25) is 0 Å². The maximum Gasteiger partial charge on any atom is 0.195 e. The second-order valence-corrected chi connectivity index (χ2v) is 10.3. The molecule has 14 heavy (non-hydrogen) atoms. The van der Waals surface area contributed by atoms with Crippen molar-refractivity contribution in [1.29, 1.82) is 0 Å². The molecular formula is C10H23ClO2Si. The van der Waals surface area contributed by atoms with E-state index >= 15 is 0 Å². The first kappa shape index (κ1) is 14.4. The highest BCUT2D eigenvalue weighted by atomic mass is 35.5. The molecule has 0 bridgehead atoms. The fourth-order valence-corrected chi connectivity index (χ4v) is 2.13. The Kier molecular flexibility index (Phi) is 5.66. The average Bonchev–Trinajstić information content (AvgIpc) is 1.97. The van der Waals surface area contributed by atoms with Gasteiger partial charge in [0.15, 0.2) is 8.32 Å². The Balaban J connectivity index is 4.08. The second kappa shape index (κ2) is 5.49. The van der Waals surface area contributed by atoms with E-state index in [0.29, 0.717) is 12.3 Å². The van der Waals surface area contributed by atoms with E-state index in [4.69, 9.17) is 16.0 Å². The van der Waals surface area contributed by atoms with Gasteiger partial charge in [0, 0.05) is 5.88 Å². The monoisotopic (exact) mass is 238 g/mol. The fourth-order valence-electron chi connectivity index (χ4n) is 0.828. The zero-order valence-electron chi connectivity index (χ0n) is 9.93. The molecule has 0 saturated carbocycles. The Bertz CT molecular complexity index is 166. The quantitative estimate of drug-likeness (QED) is 0.452. The van der Waals surface area contributed by atoms with Crippen molar-refractivity contribution >= 4 is 19.9 Å². The van der Waals surface area contributed by atoms with Crippen LogP contribution in [0.2, 0.25) is 18.1 Å². The summed E-state index contributed by atoms with van der Waals surface area (Å²) in [5.41, 5.74) is 0.